The Morgan fingerprint density at radius 2 is 1.35 bits per heavy atom. The number of hydrogen-bond acceptors (Lipinski definition) is 2. The summed E-state index contributed by atoms with van der Waals surface area (Å²) in [6.07, 6.45) is 12.9. The van der Waals surface area contributed by atoms with Gasteiger partial charge >= 0.3 is 0 Å². The topological polar surface area (TPSA) is 17.1 Å². The monoisotopic (exact) mass is 252 g/mol. The predicted octanol–water partition coefficient (Wildman–Crippen LogP) is 4.20. The van der Waals surface area contributed by atoms with Crippen molar-refractivity contribution < 1.29 is 4.79 Å². The minimum atomic E-state index is 0.435. The Balaban J connectivity index is 1.61. The molecule has 1 aliphatic carbocycles. The molecule has 2 bridgehead atoms. The lowest BCUT2D eigenvalue weighted by Crippen LogP contribution is -2.29. The van der Waals surface area contributed by atoms with Crippen molar-refractivity contribution >= 4 is 17.5 Å². The van der Waals surface area contributed by atoms with Crippen molar-refractivity contribution in [1.82, 2.24) is 0 Å². The molecule has 2 heteroatoms. The van der Waals surface area contributed by atoms with Gasteiger partial charge in [0.15, 0.2) is 0 Å². The SMILES string of the molecule is O=C(C1CCCCCC1)C1CC2CCC(C1)S2. The lowest BCUT2D eigenvalue weighted by Gasteiger charge is -2.29. The van der Waals surface area contributed by atoms with Gasteiger partial charge in [-0.2, -0.15) is 11.8 Å². The largest absolute Gasteiger partial charge is 0.299 e. The molecule has 0 spiro atoms. The van der Waals surface area contributed by atoms with Crippen molar-refractivity contribution in [2.45, 2.75) is 74.7 Å². The molecule has 17 heavy (non-hydrogen) atoms. The Bertz CT molecular complexity index is 269. The van der Waals surface area contributed by atoms with E-state index in [2.05, 4.69) is 11.8 Å². The lowest BCUT2D eigenvalue weighted by molar-refractivity contribution is -0.127. The molecule has 96 valence electrons. The summed E-state index contributed by atoms with van der Waals surface area (Å²) in [4.78, 5) is 12.6. The van der Waals surface area contributed by atoms with E-state index in [0.717, 1.165) is 10.5 Å². The fraction of sp³-hybridized carbons (Fsp3) is 0.933. The van der Waals surface area contributed by atoms with Crippen molar-refractivity contribution in [3.05, 3.63) is 0 Å². The van der Waals surface area contributed by atoms with E-state index in [-0.39, 0.29) is 0 Å². The van der Waals surface area contributed by atoms with E-state index in [0.29, 0.717) is 17.6 Å². The van der Waals surface area contributed by atoms with Gasteiger partial charge in [0.25, 0.3) is 0 Å². The van der Waals surface area contributed by atoms with Gasteiger partial charge in [0, 0.05) is 22.3 Å². The number of thioether (sulfide) groups is 1. The van der Waals surface area contributed by atoms with E-state index in [9.17, 15) is 4.79 Å². The standard InChI is InChI=1S/C15H24OS/c16-15(11-5-3-1-2-4-6-11)12-9-13-7-8-14(10-12)17-13/h11-14H,1-10H2. The Kier molecular flexibility index (Phi) is 3.79. The lowest BCUT2D eigenvalue weighted by atomic mass is 9.83. The highest BCUT2D eigenvalue weighted by Crippen LogP contribution is 2.47. The van der Waals surface area contributed by atoms with Crippen LogP contribution in [-0.2, 0) is 4.79 Å². The molecule has 3 fully saturated rings. The highest BCUT2D eigenvalue weighted by molar-refractivity contribution is 8.00. The number of Topliss-reactive ketones (excluding diaryl/α,β-unsaturated/α-hetero) is 1. The molecule has 0 aromatic rings. The number of fused-ring (bicyclic) bond motifs is 2. The van der Waals surface area contributed by atoms with Gasteiger partial charge in [0.05, 0.1) is 0 Å². The predicted molar refractivity (Wildman–Crippen MR) is 73.3 cm³/mol. The first-order valence-corrected chi connectivity index (χ1v) is 8.46. The summed E-state index contributed by atoms with van der Waals surface area (Å²) in [6.45, 7) is 0. The second-order valence-electron chi connectivity index (χ2n) is 6.22. The van der Waals surface area contributed by atoms with Crippen molar-refractivity contribution in [2.75, 3.05) is 0 Å². The molecule has 2 unspecified atom stereocenters. The number of hydrogen-bond donors (Lipinski definition) is 0. The molecular formula is C15H24OS. The van der Waals surface area contributed by atoms with Gasteiger partial charge in [-0.15, -0.1) is 0 Å². The van der Waals surface area contributed by atoms with E-state index in [4.69, 9.17) is 0 Å². The van der Waals surface area contributed by atoms with Crippen LogP contribution in [0.4, 0.5) is 0 Å². The van der Waals surface area contributed by atoms with Crippen LogP contribution in [0.1, 0.15) is 64.2 Å². The van der Waals surface area contributed by atoms with Gasteiger partial charge in [-0.1, -0.05) is 25.7 Å². The van der Waals surface area contributed by atoms with Crippen molar-refractivity contribution in [1.29, 1.82) is 0 Å². The Morgan fingerprint density at radius 1 is 0.765 bits per heavy atom. The van der Waals surface area contributed by atoms with Gasteiger partial charge in [-0.3, -0.25) is 4.79 Å². The summed E-state index contributed by atoms with van der Waals surface area (Å²) in [5.74, 6) is 1.53. The van der Waals surface area contributed by atoms with E-state index < -0.39 is 0 Å². The third-order valence-corrected chi connectivity index (χ3v) is 6.58. The normalized spacial score (nSPS) is 38.9. The molecule has 2 heterocycles. The van der Waals surface area contributed by atoms with Gasteiger partial charge in [0.2, 0.25) is 0 Å². The van der Waals surface area contributed by atoms with Gasteiger partial charge < -0.3 is 0 Å². The summed E-state index contributed by atoms with van der Waals surface area (Å²) in [6, 6.07) is 0. The van der Waals surface area contributed by atoms with Crippen LogP contribution in [-0.4, -0.2) is 16.3 Å². The maximum atomic E-state index is 12.6. The van der Waals surface area contributed by atoms with E-state index in [1.54, 1.807) is 0 Å². The molecule has 2 aliphatic heterocycles. The summed E-state index contributed by atoms with van der Waals surface area (Å²) < 4.78 is 0. The zero-order chi connectivity index (χ0) is 11.7. The minimum absolute atomic E-state index is 0.435. The first-order valence-electron chi connectivity index (χ1n) is 7.52. The third kappa shape index (κ3) is 2.72. The second-order valence-corrected chi connectivity index (χ2v) is 7.82. The van der Waals surface area contributed by atoms with E-state index in [1.165, 1.54) is 64.2 Å². The average molecular weight is 252 g/mol. The van der Waals surface area contributed by atoms with Crippen LogP contribution < -0.4 is 0 Å². The summed E-state index contributed by atoms with van der Waals surface area (Å²) in [7, 11) is 0. The fourth-order valence-corrected chi connectivity index (χ4v) is 5.76. The number of ketones is 1. The Hall–Kier alpha value is 0.0200. The molecule has 0 aromatic heterocycles. The first-order chi connectivity index (χ1) is 8.33. The van der Waals surface area contributed by atoms with Crippen molar-refractivity contribution in [3.8, 4) is 0 Å². The first kappa shape index (κ1) is 12.1. The smallest absolute Gasteiger partial charge is 0.139 e. The molecule has 0 amide bonds. The van der Waals surface area contributed by atoms with E-state index >= 15 is 0 Å². The zero-order valence-corrected chi connectivity index (χ0v) is 11.5. The molecule has 2 saturated heterocycles. The molecule has 0 N–H and O–H groups in total. The molecule has 1 nitrogen and oxygen atoms in total. The van der Waals surface area contributed by atoms with Crippen LogP contribution >= 0.6 is 11.8 Å². The van der Waals surface area contributed by atoms with Crippen molar-refractivity contribution in [2.24, 2.45) is 11.8 Å². The average Bonchev–Trinajstić information content (AvgIpc) is 2.61. The molecule has 2 atom stereocenters. The molecular weight excluding hydrogens is 228 g/mol. The number of carbonyl (C=O) groups is 1. The van der Waals surface area contributed by atoms with Crippen LogP contribution in [0.3, 0.4) is 0 Å². The molecule has 0 aromatic carbocycles. The number of carbonyl (C=O) groups excluding carboxylic acids is 1. The molecule has 0 radical (unpaired) electrons. The Labute approximate surface area is 109 Å². The van der Waals surface area contributed by atoms with Gasteiger partial charge in [-0.25, -0.2) is 0 Å². The maximum Gasteiger partial charge on any atom is 0.139 e. The number of rotatable bonds is 2. The summed E-state index contributed by atoms with van der Waals surface area (Å²) >= 11 is 2.17. The molecule has 3 aliphatic rings. The maximum absolute atomic E-state index is 12.6. The van der Waals surface area contributed by atoms with Crippen LogP contribution in [0.2, 0.25) is 0 Å². The van der Waals surface area contributed by atoms with Crippen molar-refractivity contribution in [3.63, 3.8) is 0 Å². The minimum Gasteiger partial charge on any atom is -0.299 e. The van der Waals surface area contributed by atoms with Gasteiger partial charge in [-0.05, 0) is 38.5 Å². The highest BCUT2D eigenvalue weighted by Gasteiger charge is 2.39. The molecule has 1 saturated carbocycles. The zero-order valence-electron chi connectivity index (χ0n) is 10.7. The fourth-order valence-electron chi connectivity index (χ4n) is 3.99. The van der Waals surface area contributed by atoms with E-state index in [1.807, 2.05) is 0 Å². The quantitative estimate of drug-likeness (QED) is 0.685. The van der Waals surface area contributed by atoms with Crippen LogP contribution in [0, 0.1) is 11.8 Å². The van der Waals surface area contributed by atoms with Crippen LogP contribution in [0.25, 0.3) is 0 Å². The second kappa shape index (κ2) is 5.34. The highest BCUT2D eigenvalue weighted by atomic mass is 32.2. The van der Waals surface area contributed by atoms with Gasteiger partial charge in [0.1, 0.15) is 5.78 Å². The summed E-state index contributed by atoms with van der Waals surface area (Å²) in [5, 5.41) is 1.65. The summed E-state index contributed by atoms with van der Waals surface area (Å²) in [5.41, 5.74) is 0. The van der Waals surface area contributed by atoms with Crippen LogP contribution in [0.5, 0.6) is 0 Å². The Morgan fingerprint density at radius 3 is 1.94 bits per heavy atom. The molecule has 3 rings (SSSR count). The third-order valence-electron chi connectivity index (χ3n) is 4.95. The van der Waals surface area contributed by atoms with Crippen LogP contribution in [0.15, 0.2) is 0 Å².